The van der Waals surface area contributed by atoms with Crippen molar-refractivity contribution >= 4 is 5.78 Å². The minimum Gasteiger partial charge on any atom is -0.486 e. The van der Waals surface area contributed by atoms with E-state index in [1.165, 1.54) is 7.11 Å². The van der Waals surface area contributed by atoms with Gasteiger partial charge in [-0.3, -0.25) is 4.79 Å². The Kier molecular flexibility index (Phi) is 2.70. The molecule has 0 saturated carbocycles. The number of hydrogen-bond acceptors (Lipinski definition) is 4. The van der Waals surface area contributed by atoms with Crippen LogP contribution >= 0.6 is 0 Å². The molecule has 0 fully saturated rings. The molecule has 0 amide bonds. The Balaban J connectivity index is 2.61. The number of methoxy groups -OCH3 is 1. The summed E-state index contributed by atoms with van der Waals surface area (Å²) in [4.78, 5) is 11.1. The minimum absolute atomic E-state index is 0.0810. The Morgan fingerprint density at radius 3 is 2.67 bits per heavy atom. The van der Waals surface area contributed by atoms with Crippen LogP contribution in [0, 0.1) is 0 Å². The third-order valence-corrected chi connectivity index (χ3v) is 1.61. The molecule has 0 N–H and O–H groups in total. The van der Waals surface area contributed by atoms with Gasteiger partial charge in [0.2, 0.25) is 11.5 Å². The molecular formula is C8H12O4. The molecule has 68 valence electrons. The molecule has 0 aromatic heterocycles. The fourth-order valence-electron chi connectivity index (χ4n) is 0.864. The van der Waals surface area contributed by atoms with Crippen molar-refractivity contribution in [1.82, 2.24) is 0 Å². The van der Waals surface area contributed by atoms with Crippen LogP contribution < -0.4 is 0 Å². The zero-order valence-corrected chi connectivity index (χ0v) is 7.42. The summed E-state index contributed by atoms with van der Waals surface area (Å²) in [5.74, 6) is 0.685. The first-order valence-corrected chi connectivity index (χ1v) is 3.71. The molecule has 1 atom stereocenters. The largest absolute Gasteiger partial charge is 0.486 e. The summed E-state index contributed by atoms with van der Waals surface area (Å²) < 4.78 is 15.0. The number of carbonyl (C=O) groups is 1. The molecule has 0 saturated heterocycles. The van der Waals surface area contributed by atoms with E-state index < -0.39 is 6.29 Å². The minimum atomic E-state index is -0.416. The van der Waals surface area contributed by atoms with Crippen LogP contribution in [0.3, 0.4) is 0 Å². The normalized spacial score (nSPS) is 19.4. The maximum Gasteiger partial charge on any atom is 0.238 e. The highest BCUT2D eigenvalue weighted by molar-refractivity contribution is 5.96. The molecule has 0 aromatic rings. The molecule has 12 heavy (non-hydrogen) atoms. The maximum absolute atomic E-state index is 11.1. The van der Waals surface area contributed by atoms with Gasteiger partial charge < -0.3 is 14.2 Å². The van der Waals surface area contributed by atoms with Gasteiger partial charge in [0, 0.05) is 7.11 Å². The van der Waals surface area contributed by atoms with E-state index in [1.54, 1.807) is 13.8 Å². The Bertz CT molecular complexity index is 219. The summed E-state index contributed by atoms with van der Waals surface area (Å²) in [5, 5.41) is 0. The molecule has 1 heterocycles. The molecule has 0 aromatic carbocycles. The van der Waals surface area contributed by atoms with Gasteiger partial charge in [0.15, 0.2) is 12.9 Å². The quantitative estimate of drug-likeness (QED) is 0.591. The lowest BCUT2D eigenvalue weighted by atomic mass is 10.3. The highest BCUT2D eigenvalue weighted by atomic mass is 16.7. The molecule has 4 heteroatoms. The van der Waals surface area contributed by atoms with Gasteiger partial charge in [0.1, 0.15) is 5.76 Å². The van der Waals surface area contributed by atoms with E-state index in [9.17, 15) is 4.79 Å². The van der Waals surface area contributed by atoms with E-state index in [-0.39, 0.29) is 18.1 Å². The predicted molar refractivity (Wildman–Crippen MR) is 41.2 cm³/mol. The molecule has 1 rings (SSSR count). The highest BCUT2D eigenvalue weighted by Gasteiger charge is 2.25. The number of ketones is 1. The van der Waals surface area contributed by atoms with E-state index in [4.69, 9.17) is 14.2 Å². The third kappa shape index (κ3) is 1.76. The summed E-state index contributed by atoms with van der Waals surface area (Å²) in [6, 6.07) is 0. The van der Waals surface area contributed by atoms with Crippen molar-refractivity contribution in [3.8, 4) is 0 Å². The topological polar surface area (TPSA) is 44.8 Å². The third-order valence-electron chi connectivity index (χ3n) is 1.61. The average molecular weight is 172 g/mol. The first kappa shape index (κ1) is 9.06. The Labute approximate surface area is 71.1 Å². The number of ether oxygens (including phenoxy) is 3. The van der Waals surface area contributed by atoms with Crippen LogP contribution in [-0.4, -0.2) is 25.8 Å². The van der Waals surface area contributed by atoms with E-state index in [1.807, 2.05) is 0 Å². The molecule has 0 bridgehead atoms. The van der Waals surface area contributed by atoms with Gasteiger partial charge in [-0.1, -0.05) is 0 Å². The summed E-state index contributed by atoms with van der Waals surface area (Å²) in [5.41, 5.74) is 0. The SMILES string of the molecule is COC(C)OC1=C(C)OCC1=O. The van der Waals surface area contributed by atoms with Crippen molar-refractivity contribution < 1.29 is 19.0 Å². The lowest BCUT2D eigenvalue weighted by Gasteiger charge is -2.11. The number of carbonyl (C=O) groups excluding carboxylic acids is 1. The highest BCUT2D eigenvalue weighted by Crippen LogP contribution is 2.18. The first-order valence-electron chi connectivity index (χ1n) is 3.71. The molecule has 1 aliphatic heterocycles. The number of Topliss-reactive ketones (excluding diaryl/α,β-unsaturated/α-hetero) is 1. The van der Waals surface area contributed by atoms with Crippen LogP contribution in [0.1, 0.15) is 13.8 Å². The molecule has 1 unspecified atom stereocenters. The zero-order chi connectivity index (χ0) is 9.14. The van der Waals surface area contributed by atoms with E-state index in [2.05, 4.69) is 0 Å². The smallest absolute Gasteiger partial charge is 0.238 e. The van der Waals surface area contributed by atoms with Crippen molar-refractivity contribution in [3.05, 3.63) is 11.5 Å². The summed E-state index contributed by atoms with van der Waals surface area (Å²) in [6.07, 6.45) is -0.416. The van der Waals surface area contributed by atoms with Gasteiger partial charge in [0.05, 0.1) is 0 Å². The van der Waals surface area contributed by atoms with Crippen LogP contribution in [0.15, 0.2) is 11.5 Å². The van der Waals surface area contributed by atoms with Crippen molar-refractivity contribution in [1.29, 1.82) is 0 Å². The average Bonchev–Trinajstić information content (AvgIpc) is 2.35. The molecule has 1 aliphatic rings. The van der Waals surface area contributed by atoms with E-state index in [0.29, 0.717) is 5.76 Å². The summed E-state index contributed by atoms with van der Waals surface area (Å²) in [6.45, 7) is 3.49. The lowest BCUT2D eigenvalue weighted by molar-refractivity contribution is -0.127. The van der Waals surface area contributed by atoms with Gasteiger partial charge in [-0.25, -0.2) is 0 Å². The van der Waals surface area contributed by atoms with Gasteiger partial charge in [0.25, 0.3) is 0 Å². The van der Waals surface area contributed by atoms with E-state index in [0.717, 1.165) is 0 Å². The van der Waals surface area contributed by atoms with Gasteiger partial charge >= 0.3 is 0 Å². The van der Waals surface area contributed by atoms with Crippen LogP contribution in [-0.2, 0) is 19.0 Å². The molecular weight excluding hydrogens is 160 g/mol. The van der Waals surface area contributed by atoms with Crippen LogP contribution in [0.5, 0.6) is 0 Å². The maximum atomic E-state index is 11.1. The van der Waals surface area contributed by atoms with Gasteiger partial charge in [-0.15, -0.1) is 0 Å². The van der Waals surface area contributed by atoms with Crippen molar-refractivity contribution in [2.45, 2.75) is 20.1 Å². The molecule has 4 nitrogen and oxygen atoms in total. The molecule has 0 aliphatic carbocycles. The number of hydrogen-bond donors (Lipinski definition) is 0. The fraction of sp³-hybridized carbons (Fsp3) is 0.625. The molecule has 0 spiro atoms. The van der Waals surface area contributed by atoms with Crippen LogP contribution in [0.25, 0.3) is 0 Å². The van der Waals surface area contributed by atoms with Gasteiger partial charge in [-0.2, -0.15) is 0 Å². The van der Waals surface area contributed by atoms with Crippen LogP contribution in [0.4, 0.5) is 0 Å². The van der Waals surface area contributed by atoms with Crippen molar-refractivity contribution in [3.63, 3.8) is 0 Å². The number of rotatable bonds is 3. The van der Waals surface area contributed by atoms with Crippen molar-refractivity contribution in [2.75, 3.05) is 13.7 Å². The second-order valence-electron chi connectivity index (χ2n) is 2.52. The predicted octanol–water partition coefficient (Wildman–Crippen LogP) is 0.826. The monoisotopic (exact) mass is 172 g/mol. The second-order valence-corrected chi connectivity index (χ2v) is 2.52. The summed E-state index contributed by atoms with van der Waals surface area (Å²) in [7, 11) is 1.51. The Hall–Kier alpha value is -1.03. The van der Waals surface area contributed by atoms with Crippen LogP contribution in [0.2, 0.25) is 0 Å². The van der Waals surface area contributed by atoms with Gasteiger partial charge in [-0.05, 0) is 13.8 Å². The first-order chi connectivity index (χ1) is 5.65. The number of allylic oxidation sites excluding steroid dienone is 1. The standard InChI is InChI=1S/C8H12O4/c1-5-8(7(9)4-11-5)12-6(2)10-3/h6H,4H2,1-3H3. The molecule has 0 radical (unpaired) electrons. The lowest BCUT2D eigenvalue weighted by Crippen LogP contribution is -2.14. The van der Waals surface area contributed by atoms with E-state index >= 15 is 0 Å². The summed E-state index contributed by atoms with van der Waals surface area (Å²) >= 11 is 0. The zero-order valence-electron chi connectivity index (χ0n) is 7.42. The fourth-order valence-corrected chi connectivity index (χ4v) is 0.864. The Morgan fingerprint density at radius 2 is 2.25 bits per heavy atom. The van der Waals surface area contributed by atoms with Crippen molar-refractivity contribution in [2.24, 2.45) is 0 Å². The Morgan fingerprint density at radius 1 is 1.58 bits per heavy atom. The second kappa shape index (κ2) is 3.58.